The number of aromatic hydroxyl groups is 1. The second-order valence-corrected chi connectivity index (χ2v) is 4.64. The molecule has 2 nitrogen and oxygen atoms in total. The SMILES string of the molecule is CC(C)(C)[C@H](N)c1c(F)ccc(F)c1O. The summed E-state index contributed by atoms with van der Waals surface area (Å²) in [6.07, 6.45) is 0. The van der Waals surface area contributed by atoms with E-state index in [1.807, 2.05) is 0 Å². The van der Waals surface area contributed by atoms with Gasteiger partial charge in [0.05, 0.1) is 0 Å². The molecular weight excluding hydrogens is 200 g/mol. The molecule has 0 amide bonds. The summed E-state index contributed by atoms with van der Waals surface area (Å²) in [5, 5.41) is 9.42. The van der Waals surface area contributed by atoms with Crippen LogP contribution in [-0.4, -0.2) is 5.11 Å². The number of phenolic OH excluding ortho intramolecular Hbond substituents is 1. The summed E-state index contributed by atoms with van der Waals surface area (Å²) >= 11 is 0. The van der Waals surface area contributed by atoms with Crippen molar-refractivity contribution in [1.29, 1.82) is 0 Å². The van der Waals surface area contributed by atoms with E-state index in [0.29, 0.717) is 0 Å². The van der Waals surface area contributed by atoms with E-state index in [9.17, 15) is 13.9 Å². The zero-order chi connectivity index (χ0) is 11.8. The van der Waals surface area contributed by atoms with E-state index in [1.54, 1.807) is 20.8 Å². The van der Waals surface area contributed by atoms with Crippen molar-refractivity contribution in [3.8, 4) is 5.75 Å². The van der Waals surface area contributed by atoms with Gasteiger partial charge in [-0.15, -0.1) is 0 Å². The summed E-state index contributed by atoms with van der Waals surface area (Å²) in [6.45, 7) is 5.38. The Hall–Kier alpha value is -1.16. The number of hydrogen-bond acceptors (Lipinski definition) is 2. The molecule has 0 aliphatic rings. The van der Waals surface area contributed by atoms with Crippen molar-refractivity contribution < 1.29 is 13.9 Å². The monoisotopic (exact) mass is 215 g/mol. The quantitative estimate of drug-likeness (QED) is 0.756. The molecule has 0 fully saturated rings. The Bertz CT molecular complexity index is 372. The van der Waals surface area contributed by atoms with Crippen LogP contribution in [0.2, 0.25) is 0 Å². The fourth-order valence-corrected chi connectivity index (χ4v) is 1.29. The van der Waals surface area contributed by atoms with Crippen LogP contribution in [0.15, 0.2) is 12.1 Å². The second-order valence-electron chi connectivity index (χ2n) is 4.64. The highest BCUT2D eigenvalue weighted by Gasteiger charge is 2.28. The van der Waals surface area contributed by atoms with Gasteiger partial charge < -0.3 is 10.8 Å². The van der Waals surface area contributed by atoms with Gasteiger partial charge in [-0.25, -0.2) is 8.78 Å². The van der Waals surface area contributed by atoms with Crippen molar-refractivity contribution in [2.75, 3.05) is 0 Å². The maximum absolute atomic E-state index is 13.4. The summed E-state index contributed by atoms with van der Waals surface area (Å²) in [5.74, 6) is -2.24. The van der Waals surface area contributed by atoms with Crippen LogP contribution in [0.5, 0.6) is 5.75 Å². The average molecular weight is 215 g/mol. The molecule has 0 aromatic heterocycles. The standard InChI is InChI=1S/C11H15F2NO/c1-11(2,3)10(14)8-6(12)4-5-7(13)9(8)15/h4-5,10,15H,14H2,1-3H3/t10-/m1/s1. The Balaban J connectivity index is 3.31. The van der Waals surface area contributed by atoms with Crippen LogP contribution in [-0.2, 0) is 0 Å². The minimum Gasteiger partial charge on any atom is -0.505 e. The van der Waals surface area contributed by atoms with E-state index in [4.69, 9.17) is 5.73 Å². The van der Waals surface area contributed by atoms with Crippen LogP contribution in [0, 0.1) is 17.0 Å². The number of rotatable bonds is 1. The Morgan fingerprint density at radius 3 is 2.13 bits per heavy atom. The van der Waals surface area contributed by atoms with Gasteiger partial charge in [-0.2, -0.15) is 0 Å². The van der Waals surface area contributed by atoms with Gasteiger partial charge in [-0.05, 0) is 17.5 Å². The van der Waals surface area contributed by atoms with E-state index < -0.39 is 28.8 Å². The zero-order valence-electron chi connectivity index (χ0n) is 9.01. The summed E-state index contributed by atoms with van der Waals surface area (Å²) in [4.78, 5) is 0. The number of nitrogens with two attached hydrogens (primary N) is 1. The van der Waals surface area contributed by atoms with E-state index in [0.717, 1.165) is 12.1 Å². The maximum atomic E-state index is 13.4. The Morgan fingerprint density at radius 1 is 1.20 bits per heavy atom. The lowest BCUT2D eigenvalue weighted by Gasteiger charge is -2.28. The number of phenols is 1. The van der Waals surface area contributed by atoms with Crippen molar-refractivity contribution in [2.24, 2.45) is 11.1 Å². The molecule has 4 heteroatoms. The van der Waals surface area contributed by atoms with Gasteiger partial charge in [0.25, 0.3) is 0 Å². The molecule has 84 valence electrons. The topological polar surface area (TPSA) is 46.2 Å². The van der Waals surface area contributed by atoms with E-state index in [1.165, 1.54) is 0 Å². The van der Waals surface area contributed by atoms with Gasteiger partial charge in [0.1, 0.15) is 5.82 Å². The Kier molecular flexibility index (Phi) is 3.00. The number of halogens is 2. The normalized spacial score (nSPS) is 14.0. The molecule has 0 saturated heterocycles. The summed E-state index contributed by atoms with van der Waals surface area (Å²) in [5.41, 5.74) is 5.16. The van der Waals surface area contributed by atoms with Gasteiger partial charge >= 0.3 is 0 Å². The van der Waals surface area contributed by atoms with Crippen molar-refractivity contribution in [2.45, 2.75) is 26.8 Å². The largest absolute Gasteiger partial charge is 0.505 e. The summed E-state index contributed by atoms with van der Waals surface area (Å²) < 4.78 is 26.4. The number of hydrogen-bond donors (Lipinski definition) is 2. The van der Waals surface area contributed by atoms with Gasteiger partial charge in [0, 0.05) is 11.6 Å². The van der Waals surface area contributed by atoms with Crippen LogP contribution in [0.25, 0.3) is 0 Å². The molecule has 0 radical (unpaired) electrons. The predicted molar refractivity (Wildman–Crippen MR) is 54.4 cm³/mol. The lowest BCUT2D eigenvalue weighted by molar-refractivity contribution is 0.304. The molecule has 1 rings (SSSR count). The van der Waals surface area contributed by atoms with Crippen LogP contribution >= 0.6 is 0 Å². The van der Waals surface area contributed by atoms with Crippen molar-refractivity contribution in [3.63, 3.8) is 0 Å². The molecule has 0 unspecified atom stereocenters. The first-order chi connectivity index (χ1) is 6.75. The van der Waals surface area contributed by atoms with Crippen LogP contribution in [0.3, 0.4) is 0 Å². The van der Waals surface area contributed by atoms with E-state index in [2.05, 4.69) is 0 Å². The van der Waals surface area contributed by atoms with Crippen molar-refractivity contribution in [3.05, 3.63) is 29.3 Å². The smallest absolute Gasteiger partial charge is 0.165 e. The molecule has 3 N–H and O–H groups in total. The average Bonchev–Trinajstić information content (AvgIpc) is 2.10. The van der Waals surface area contributed by atoms with E-state index >= 15 is 0 Å². The minimum absolute atomic E-state index is 0.164. The third-order valence-electron chi connectivity index (χ3n) is 2.36. The summed E-state index contributed by atoms with van der Waals surface area (Å²) in [6, 6.07) is 1.09. The van der Waals surface area contributed by atoms with Gasteiger partial charge in [0.2, 0.25) is 0 Å². The highest BCUT2D eigenvalue weighted by Crippen LogP contribution is 2.37. The van der Waals surface area contributed by atoms with Crippen LogP contribution in [0.4, 0.5) is 8.78 Å². The third-order valence-corrected chi connectivity index (χ3v) is 2.36. The molecule has 15 heavy (non-hydrogen) atoms. The highest BCUT2D eigenvalue weighted by molar-refractivity contribution is 5.38. The highest BCUT2D eigenvalue weighted by atomic mass is 19.1. The first-order valence-electron chi connectivity index (χ1n) is 4.67. The fraction of sp³-hybridized carbons (Fsp3) is 0.455. The molecule has 0 heterocycles. The van der Waals surface area contributed by atoms with Crippen LogP contribution in [0.1, 0.15) is 32.4 Å². The molecule has 0 aliphatic carbocycles. The first-order valence-corrected chi connectivity index (χ1v) is 4.67. The first kappa shape index (κ1) is 11.9. The van der Waals surface area contributed by atoms with Crippen molar-refractivity contribution in [1.82, 2.24) is 0 Å². The molecule has 0 saturated carbocycles. The lowest BCUT2D eigenvalue weighted by atomic mass is 9.82. The second kappa shape index (κ2) is 3.77. The molecule has 1 aromatic carbocycles. The third kappa shape index (κ3) is 2.26. The molecular formula is C11H15F2NO. The molecule has 1 aromatic rings. The maximum Gasteiger partial charge on any atom is 0.165 e. The van der Waals surface area contributed by atoms with Crippen molar-refractivity contribution >= 4 is 0 Å². The summed E-state index contributed by atoms with van der Waals surface area (Å²) in [7, 11) is 0. The molecule has 0 spiro atoms. The van der Waals surface area contributed by atoms with Crippen LogP contribution < -0.4 is 5.73 Å². The minimum atomic E-state index is -0.855. The Labute approximate surface area is 87.7 Å². The lowest BCUT2D eigenvalue weighted by Crippen LogP contribution is -2.27. The van der Waals surface area contributed by atoms with Gasteiger partial charge in [0.15, 0.2) is 11.6 Å². The molecule has 0 bridgehead atoms. The van der Waals surface area contributed by atoms with Gasteiger partial charge in [-0.1, -0.05) is 20.8 Å². The predicted octanol–water partition coefficient (Wildman–Crippen LogP) is 2.72. The van der Waals surface area contributed by atoms with E-state index in [-0.39, 0.29) is 5.56 Å². The zero-order valence-corrected chi connectivity index (χ0v) is 9.01. The fourth-order valence-electron chi connectivity index (χ4n) is 1.29. The molecule has 1 atom stereocenters. The Morgan fingerprint density at radius 2 is 1.67 bits per heavy atom. The molecule has 0 aliphatic heterocycles. The van der Waals surface area contributed by atoms with Gasteiger partial charge in [-0.3, -0.25) is 0 Å². The number of benzene rings is 1.